The van der Waals surface area contributed by atoms with Gasteiger partial charge in [0.15, 0.2) is 0 Å². The molecular weight excluding hydrogens is 195 g/mol. The molecule has 0 saturated carbocycles. The molecule has 1 rings (SSSR count). The third kappa shape index (κ3) is 1.86. The summed E-state index contributed by atoms with van der Waals surface area (Å²) in [7, 11) is 0. The van der Waals surface area contributed by atoms with Crippen LogP contribution in [0.1, 0.15) is 12.5 Å². The molecule has 0 aliphatic heterocycles. The quantitative estimate of drug-likeness (QED) is 0.676. The van der Waals surface area contributed by atoms with Gasteiger partial charge in [-0.15, -0.1) is 0 Å². The molecule has 1 atom stereocenters. The van der Waals surface area contributed by atoms with Crippen LogP contribution in [0, 0.1) is 0 Å². The number of nitrogens with zero attached hydrogens (tertiary/aromatic N) is 1. The Balaban J connectivity index is 3.02. The van der Waals surface area contributed by atoms with E-state index in [1.54, 1.807) is 6.07 Å². The monoisotopic (exact) mass is 203 g/mol. The maximum absolute atomic E-state index is 13.6. The molecule has 0 aromatic heterocycles. The second-order valence-corrected chi connectivity index (χ2v) is 2.91. The zero-order chi connectivity index (χ0) is 10.8. The minimum absolute atomic E-state index is 0.0923. The summed E-state index contributed by atoms with van der Waals surface area (Å²) in [6.07, 6.45) is 0. The highest BCUT2D eigenvalue weighted by atomic mass is 19.4. The number of carbonyl (C=O) groups excluding carboxylic acids is 1. The van der Waals surface area contributed by atoms with E-state index in [1.165, 1.54) is 24.3 Å². The Kier molecular flexibility index (Phi) is 2.78. The van der Waals surface area contributed by atoms with Gasteiger partial charge in [-0.25, -0.2) is 4.39 Å². The summed E-state index contributed by atoms with van der Waals surface area (Å²) in [5.74, 6) is -1.87. The first kappa shape index (κ1) is 10.6. The Morgan fingerprint density at radius 1 is 1.29 bits per heavy atom. The summed E-state index contributed by atoms with van der Waals surface area (Å²) in [6.45, 7) is 0.802. The van der Waals surface area contributed by atoms with Gasteiger partial charge in [0.2, 0.25) is 5.67 Å². The van der Waals surface area contributed by atoms with Crippen LogP contribution in [-0.2, 0) is 10.5 Å². The average Bonchev–Trinajstić information content (AvgIpc) is 2.18. The van der Waals surface area contributed by atoms with Crippen LogP contribution in [-0.4, -0.2) is 11.3 Å². The molecule has 0 heterocycles. The highest BCUT2D eigenvalue weighted by Gasteiger charge is 2.40. The van der Waals surface area contributed by atoms with Gasteiger partial charge in [-0.05, 0) is 12.5 Å². The van der Waals surface area contributed by atoms with Crippen LogP contribution in [0.25, 0.3) is 0 Å². The van der Waals surface area contributed by atoms with Crippen LogP contribution in [0.4, 0.5) is 13.4 Å². The van der Waals surface area contributed by atoms with E-state index < -0.39 is 16.9 Å². The Hall–Kier alpha value is -1.52. The van der Waals surface area contributed by atoms with E-state index in [0.717, 1.165) is 6.92 Å². The lowest BCUT2D eigenvalue weighted by Gasteiger charge is -2.18. The lowest BCUT2D eigenvalue weighted by Crippen LogP contribution is -2.34. The predicted molar refractivity (Wildman–Crippen MR) is 44.0 cm³/mol. The summed E-state index contributed by atoms with van der Waals surface area (Å²) in [5.41, 5.74) is -2.78. The van der Waals surface area contributed by atoms with Crippen molar-refractivity contribution in [3.63, 3.8) is 0 Å². The van der Waals surface area contributed by atoms with Gasteiger partial charge in [0, 0.05) is 5.34 Å². The largest absolute Gasteiger partial charge is 0.325 e. The van der Waals surface area contributed by atoms with Crippen LogP contribution in [0.5, 0.6) is 0 Å². The number of hydrogen-bond donors (Lipinski definition) is 0. The molecule has 0 bridgehead atoms. The number of amides is 1. The summed E-state index contributed by atoms with van der Waals surface area (Å²) in [6, 6.07) is 7.11. The predicted octanol–water partition coefficient (Wildman–Crippen LogP) is 2.47. The van der Waals surface area contributed by atoms with Crippen molar-refractivity contribution in [3.05, 3.63) is 35.9 Å². The van der Waals surface area contributed by atoms with Crippen molar-refractivity contribution < 1.29 is 18.1 Å². The van der Waals surface area contributed by atoms with Crippen LogP contribution in [0.3, 0.4) is 0 Å². The van der Waals surface area contributed by atoms with Gasteiger partial charge in [-0.3, -0.25) is 4.79 Å². The molecule has 5 heteroatoms. The SMILES string of the molecule is CC(F)(C(=O)N(F)F)c1ccccc1. The van der Waals surface area contributed by atoms with Crippen LogP contribution in [0.2, 0.25) is 0 Å². The number of rotatable bonds is 2. The first-order valence-electron chi connectivity index (χ1n) is 3.87. The van der Waals surface area contributed by atoms with Gasteiger partial charge in [0.25, 0.3) is 0 Å². The molecule has 0 saturated heterocycles. The molecule has 1 unspecified atom stereocenters. The highest BCUT2D eigenvalue weighted by Crippen LogP contribution is 2.27. The lowest BCUT2D eigenvalue weighted by molar-refractivity contribution is -0.200. The number of carbonyl (C=O) groups is 1. The smallest absolute Gasteiger partial charge is 0.265 e. The Bertz CT molecular complexity index is 324. The first-order valence-corrected chi connectivity index (χ1v) is 3.87. The molecular formula is C9H8F3NO. The van der Waals surface area contributed by atoms with Gasteiger partial charge in [-0.2, -0.15) is 0 Å². The second kappa shape index (κ2) is 3.69. The molecule has 0 fully saturated rings. The number of halogens is 3. The third-order valence-electron chi connectivity index (χ3n) is 1.87. The van der Waals surface area contributed by atoms with Crippen molar-refractivity contribution >= 4 is 5.91 Å². The zero-order valence-corrected chi connectivity index (χ0v) is 7.38. The molecule has 0 aliphatic rings. The maximum Gasteiger partial charge on any atom is 0.325 e. The van der Waals surface area contributed by atoms with Gasteiger partial charge in [0.1, 0.15) is 0 Å². The fourth-order valence-electron chi connectivity index (χ4n) is 1.03. The normalized spacial score (nSPS) is 14.6. The molecule has 0 spiro atoms. The highest BCUT2D eigenvalue weighted by molar-refractivity contribution is 5.84. The molecule has 0 N–H and O–H groups in total. The van der Waals surface area contributed by atoms with Crippen molar-refractivity contribution in [2.45, 2.75) is 12.6 Å². The molecule has 1 amide bonds. The Morgan fingerprint density at radius 3 is 2.21 bits per heavy atom. The average molecular weight is 203 g/mol. The number of hydrogen-bond acceptors (Lipinski definition) is 1. The fourth-order valence-corrected chi connectivity index (χ4v) is 1.03. The van der Waals surface area contributed by atoms with Crippen molar-refractivity contribution in [2.24, 2.45) is 0 Å². The lowest BCUT2D eigenvalue weighted by atomic mass is 9.97. The number of alkyl halides is 1. The fraction of sp³-hybridized carbons (Fsp3) is 0.222. The van der Waals surface area contributed by atoms with E-state index in [1.807, 2.05) is 0 Å². The molecule has 76 valence electrons. The van der Waals surface area contributed by atoms with E-state index in [2.05, 4.69) is 0 Å². The minimum atomic E-state index is -2.69. The Morgan fingerprint density at radius 2 is 1.79 bits per heavy atom. The molecule has 1 aromatic rings. The standard InChI is InChI=1S/C9H8F3NO/c1-9(10,8(14)13(11)12)7-5-3-2-4-6-7/h2-6H,1H3. The van der Waals surface area contributed by atoms with Crippen molar-refractivity contribution in [1.82, 2.24) is 5.34 Å². The third-order valence-corrected chi connectivity index (χ3v) is 1.87. The van der Waals surface area contributed by atoms with Gasteiger partial charge in [-0.1, -0.05) is 39.3 Å². The molecule has 0 radical (unpaired) electrons. The molecule has 1 aromatic carbocycles. The first-order chi connectivity index (χ1) is 6.46. The summed E-state index contributed by atoms with van der Waals surface area (Å²) < 4.78 is 37.3. The zero-order valence-electron chi connectivity index (χ0n) is 7.38. The van der Waals surface area contributed by atoms with Crippen LogP contribution < -0.4 is 0 Å². The topological polar surface area (TPSA) is 20.3 Å². The van der Waals surface area contributed by atoms with Gasteiger partial charge >= 0.3 is 5.91 Å². The summed E-state index contributed by atoms with van der Waals surface area (Å²) in [4.78, 5) is 10.8. The maximum atomic E-state index is 13.6. The van der Waals surface area contributed by atoms with Gasteiger partial charge in [0.05, 0.1) is 0 Å². The molecule has 0 aliphatic carbocycles. The van der Waals surface area contributed by atoms with Gasteiger partial charge < -0.3 is 0 Å². The molecule has 14 heavy (non-hydrogen) atoms. The minimum Gasteiger partial charge on any atom is -0.265 e. The van der Waals surface area contributed by atoms with E-state index in [9.17, 15) is 18.1 Å². The van der Waals surface area contributed by atoms with E-state index in [-0.39, 0.29) is 5.56 Å². The second-order valence-electron chi connectivity index (χ2n) is 2.91. The van der Waals surface area contributed by atoms with Crippen molar-refractivity contribution in [1.29, 1.82) is 0 Å². The number of benzene rings is 1. The van der Waals surface area contributed by atoms with Crippen LogP contribution >= 0.6 is 0 Å². The van der Waals surface area contributed by atoms with E-state index in [0.29, 0.717) is 0 Å². The van der Waals surface area contributed by atoms with Crippen LogP contribution in [0.15, 0.2) is 30.3 Å². The van der Waals surface area contributed by atoms with Crippen molar-refractivity contribution in [3.8, 4) is 0 Å². The van der Waals surface area contributed by atoms with E-state index in [4.69, 9.17) is 0 Å². The van der Waals surface area contributed by atoms with E-state index >= 15 is 0 Å². The summed E-state index contributed by atoms with van der Waals surface area (Å²) >= 11 is 0. The Labute approximate surface area is 78.8 Å². The molecule has 2 nitrogen and oxygen atoms in total. The van der Waals surface area contributed by atoms with Crippen molar-refractivity contribution in [2.75, 3.05) is 0 Å². The summed E-state index contributed by atoms with van der Waals surface area (Å²) in [5, 5.41) is -1.74.